The Morgan fingerprint density at radius 3 is 2.48 bits per heavy atom. The molecule has 0 unspecified atom stereocenters. The Hall–Kier alpha value is -1.77. The van der Waals surface area contributed by atoms with Gasteiger partial charge in [-0.25, -0.2) is 4.99 Å². The zero-order valence-electron chi connectivity index (χ0n) is 17.9. The van der Waals surface area contributed by atoms with Gasteiger partial charge in [-0.2, -0.15) is 5.10 Å². The highest BCUT2D eigenvalue weighted by Gasteiger charge is 2.18. The minimum Gasteiger partial charge on any atom is -0.372 e. The van der Waals surface area contributed by atoms with Crippen LogP contribution in [0, 0.1) is 0 Å². The largest absolute Gasteiger partial charge is 0.372 e. The van der Waals surface area contributed by atoms with Gasteiger partial charge in [0.1, 0.15) is 0 Å². The van der Waals surface area contributed by atoms with Crippen LogP contribution in [0.5, 0.6) is 0 Å². The molecule has 0 saturated heterocycles. The number of rotatable bonds is 7. The Morgan fingerprint density at radius 2 is 1.86 bits per heavy atom. The third kappa shape index (κ3) is 6.90. The van der Waals surface area contributed by atoms with Crippen LogP contribution < -0.4 is 15.5 Å². The van der Waals surface area contributed by atoms with Crippen LogP contribution >= 0.6 is 24.0 Å². The SMILES string of the molecule is CCNC(=NCc1ccc(N(C)C2CCCCC2)cc1)NCc1ccnn1C.I. The molecule has 1 saturated carbocycles. The second-order valence-electron chi connectivity index (χ2n) is 7.56. The van der Waals surface area contributed by atoms with E-state index in [-0.39, 0.29) is 24.0 Å². The maximum atomic E-state index is 4.73. The number of benzene rings is 1. The molecule has 1 aromatic carbocycles. The summed E-state index contributed by atoms with van der Waals surface area (Å²) in [7, 11) is 4.18. The van der Waals surface area contributed by atoms with Gasteiger partial charge in [-0.05, 0) is 43.5 Å². The zero-order valence-corrected chi connectivity index (χ0v) is 20.2. The fraction of sp³-hybridized carbons (Fsp3) is 0.545. The fourth-order valence-corrected chi connectivity index (χ4v) is 3.78. The fourth-order valence-electron chi connectivity index (χ4n) is 3.78. The number of hydrogen-bond acceptors (Lipinski definition) is 3. The van der Waals surface area contributed by atoms with Crippen molar-refractivity contribution >= 4 is 35.6 Å². The molecule has 1 aliphatic rings. The minimum absolute atomic E-state index is 0. The van der Waals surface area contributed by atoms with Crippen LogP contribution in [0.4, 0.5) is 5.69 Å². The molecule has 0 radical (unpaired) electrons. The molecule has 0 spiro atoms. The molecule has 0 amide bonds. The molecule has 6 nitrogen and oxygen atoms in total. The lowest BCUT2D eigenvalue weighted by molar-refractivity contribution is 0.427. The van der Waals surface area contributed by atoms with Gasteiger partial charge < -0.3 is 15.5 Å². The van der Waals surface area contributed by atoms with E-state index in [0.717, 1.165) is 18.2 Å². The highest BCUT2D eigenvalue weighted by atomic mass is 127. The summed E-state index contributed by atoms with van der Waals surface area (Å²) in [5.41, 5.74) is 3.65. The lowest BCUT2D eigenvalue weighted by Gasteiger charge is -2.33. The first-order valence-electron chi connectivity index (χ1n) is 10.5. The number of nitrogens with zero attached hydrogens (tertiary/aromatic N) is 4. The second-order valence-corrected chi connectivity index (χ2v) is 7.56. The number of anilines is 1. The molecule has 0 aliphatic heterocycles. The van der Waals surface area contributed by atoms with Crippen molar-refractivity contribution in [2.75, 3.05) is 18.5 Å². The summed E-state index contributed by atoms with van der Waals surface area (Å²) in [5, 5.41) is 10.9. The van der Waals surface area contributed by atoms with Crippen molar-refractivity contribution in [1.82, 2.24) is 20.4 Å². The summed E-state index contributed by atoms with van der Waals surface area (Å²) in [4.78, 5) is 7.18. The molecule has 0 atom stereocenters. The van der Waals surface area contributed by atoms with Gasteiger partial charge in [-0.3, -0.25) is 4.68 Å². The highest BCUT2D eigenvalue weighted by Crippen LogP contribution is 2.26. The highest BCUT2D eigenvalue weighted by molar-refractivity contribution is 14.0. The van der Waals surface area contributed by atoms with E-state index in [2.05, 4.69) is 58.9 Å². The van der Waals surface area contributed by atoms with Crippen LogP contribution in [0.25, 0.3) is 0 Å². The number of aryl methyl sites for hydroxylation is 1. The molecule has 29 heavy (non-hydrogen) atoms. The summed E-state index contributed by atoms with van der Waals surface area (Å²) in [6.07, 6.45) is 8.56. The molecule has 1 aliphatic carbocycles. The van der Waals surface area contributed by atoms with E-state index in [1.165, 1.54) is 43.4 Å². The monoisotopic (exact) mass is 510 g/mol. The normalized spacial score (nSPS) is 14.9. The number of aromatic nitrogens is 2. The number of hydrogen-bond donors (Lipinski definition) is 2. The average molecular weight is 510 g/mol. The van der Waals surface area contributed by atoms with E-state index in [4.69, 9.17) is 4.99 Å². The first kappa shape index (κ1) is 23.5. The van der Waals surface area contributed by atoms with E-state index in [9.17, 15) is 0 Å². The molecule has 2 aromatic rings. The summed E-state index contributed by atoms with van der Waals surface area (Å²) in [5.74, 6) is 0.826. The van der Waals surface area contributed by atoms with Crippen LogP contribution in [0.15, 0.2) is 41.5 Å². The summed E-state index contributed by atoms with van der Waals surface area (Å²) in [6, 6.07) is 11.6. The van der Waals surface area contributed by atoms with E-state index < -0.39 is 0 Å². The Morgan fingerprint density at radius 1 is 1.14 bits per heavy atom. The van der Waals surface area contributed by atoms with E-state index in [1.54, 1.807) is 0 Å². The molecule has 2 N–H and O–H groups in total. The first-order chi connectivity index (χ1) is 13.7. The Balaban J connectivity index is 0.00000300. The maximum Gasteiger partial charge on any atom is 0.191 e. The molecule has 160 valence electrons. The van der Waals surface area contributed by atoms with Crippen molar-refractivity contribution in [2.24, 2.45) is 12.0 Å². The van der Waals surface area contributed by atoms with Gasteiger partial charge in [0.2, 0.25) is 0 Å². The van der Waals surface area contributed by atoms with Crippen LogP contribution in [0.1, 0.15) is 50.3 Å². The second kappa shape index (κ2) is 12.0. The molecule has 1 heterocycles. The van der Waals surface area contributed by atoms with Crippen molar-refractivity contribution < 1.29 is 0 Å². The minimum atomic E-state index is 0. The first-order valence-corrected chi connectivity index (χ1v) is 10.5. The Bertz CT molecular complexity index is 749. The van der Waals surface area contributed by atoms with Gasteiger partial charge >= 0.3 is 0 Å². The topological polar surface area (TPSA) is 57.5 Å². The number of aliphatic imine (C=N–C) groups is 1. The van der Waals surface area contributed by atoms with Gasteiger partial charge in [0.05, 0.1) is 18.8 Å². The van der Waals surface area contributed by atoms with E-state index >= 15 is 0 Å². The van der Waals surface area contributed by atoms with Crippen LogP contribution in [-0.2, 0) is 20.1 Å². The van der Waals surface area contributed by atoms with Crippen molar-refractivity contribution in [1.29, 1.82) is 0 Å². The predicted molar refractivity (Wildman–Crippen MR) is 132 cm³/mol. The number of guanidine groups is 1. The van der Waals surface area contributed by atoms with Crippen molar-refractivity contribution in [3.63, 3.8) is 0 Å². The molecule has 1 aromatic heterocycles. The van der Waals surface area contributed by atoms with Crippen molar-refractivity contribution in [3.05, 3.63) is 47.8 Å². The van der Waals surface area contributed by atoms with Crippen molar-refractivity contribution in [2.45, 2.75) is 58.2 Å². The van der Waals surface area contributed by atoms with Gasteiger partial charge in [-0.1, -0.05) is 31.4 Å². The van der Waals surface area contributed by atoms with Gasteiger partial charge in [0.15, 0.2) is 5.96 Å². The lowest BCUT2D eigenvalue weighted by Crippen LogP contribution is -2.37. The lowest BCUT2D eigenvalue weighted by atomic mass is 9.94. The summed E-state index contributed by atoms with van der Waals surface area (Å²) in [6.45, 7) is 4.28. The van der Waals surface area contributed by atoms with E-state index in [1.807, 2.05) is 24.0 Å². The standard InChI is InChI=1S/C22H34N6.HI/c1-4-23-22(25-17-21-14-15-26-28(21)3)24-16-18-10-12-20(13-11-18)27(2)19-8-6-5-7-9-19;/h10-15,19H,4-9,16-17H2,1-3H3,(H2,23,24,25);1H. The van der Waals surface area contributed by atoms with E-state index in [0.29, 0.717) is 19.1 Å². The molecular formula is C22H35IN6. The quantitative estimate of drug-likeness (QED) is 0.335. The molecular weight excluding hydrogens is 475 g/mol. The van der Waals surface area contributed by atoms with Crippen molar-refractivity contribution in [3.8, 4) is 0 Å². The Labute approximate surface area is 192 Å². The smallest absolute Gasteiger partial charge is 0.191 e. The Kier molecular flexibility index (Phi) is 9.76. The number of halogens is 1. The van der Waals surface area contributed by atoms with Gasteiger partial charge in [-0.15, -0.1) is 24.0 Å². The molecule has 1 fully saturated rings. The number of nitrogens with one attached hydrogen (secondary N) is 2. The van der Waals surface area contributed by atoms with Crippen LogP contribution in [0.2, 0.25) is 0 Å². The predicted octanol–water partition coefficient (Wildman–Crippen LogP) is 4.06. The van der Waals surface area contributed by atoms with Crippen LogP contribution in [0.3, 0.4) is 0 Å². The van der Waals surface area contributed by atoms with Gasteiger partial charge in [0.25, 0.3) is 0 Å². The average Bonchev–Trinajstić information content (AvgIpc) is 3.15. The molecule has 7 heteroatoms. The third-order valence-corrected chi connectivity index (χ3v) is 5.59. The maximum absolute atomic E-state index is 4.73. The molecule has 0 bridgehead atoms. The third-order valence-electron chi connectivity index (χ3n) is 5.59. The summed E-state index contributed by atoms with van der Waals surface area (Å²) >= 11 is 0. The zero-order chi connectivity index (χ0) is 19.8. The summed E-state index contributed by atoms with van der Waals surface area (Å²) < 4.78 is 1.87. The van der Waals surface area contributed by atoms with Crippen LogP contribution in [-0.4, -0.2) is 35.4 Å². The van der Waals surface area contributed by atoms with Gasteiger partial charge in [0, 0.05) is 38.6 Å². The molecule has 3 rings (SSSR count).